The first kappa shape index (κ1) is 19.3. The van der Waals surface area contributed by atoms with Gasteiger partial charge in [-0.05, 0) is 29.3 Å². The Hall–Kier alpha value is -2.47. The van der Waals surface area contributed by atoms with Crippen molar-refractivity contribution in [1.29, 1.82) is 0 Å². The molecule has 0 bridgehead atoms. The Balaban J connectivity index is 1.60. The fourth-order valence-corrected chi connectivity index (χ4v) is 3.23. The van der Waals surface area contributed by atoms with Crippen molar-refractivity contribution in [2.75, 3.05) is 26.2 Å². The second kappa shape index (κ2) is 8.05. The third-order valence-electron chi connectivity index (χ3n) is 4.88. The number of carbonyl (C=O) groups is 1. The summed E-state index contributed by atoms with van der Waals surface area (Å²) in [5, 5.41) is 2.90. The maximum absolute atomic E-state index is 14.1. The van der Waals surface area contributed by atoms with Gasteiger partial charge in [-0.1, -0.05) is 44.2 Å². The van der Waals surface area contributed by atoms with Crippen molar-refractivity contribution >= 4 is 6.03 Å². The maximum Gasteiger partial charge on any atom is 0.317 e. The first-order valence-corrected chi connectivity index (χ1v) is 9.02. The molecule has 1 aliphatic heterocycles. The molecule has 1 saturated heterocycles. The van der Waals surface area contributed by atoms with Crippen LogP contribution in [-0.2, 0) is 10.2 Å². The Bertz CT molecular complexity index is 793. The van der Waals surface area contributed by atoms with Gasteiger partial charge in [-0.15, -0.1) is 0 Å². The van der Waals surface area contributed by atoms with E-state index in [-0.39, 0.29) is 23.8 Å². The highest BCUT2D eigenvalue weighted by atomic mass is 19.1. The van der Waals surface area contributed by atoms with E-state index in [1.165, 1.54) is 18.2 Å². The third kappa shape index (κ3) is 4.63. The molecule has 1 heterocycles. The van der Waals surface area contributed by atoms with Crippen LogP contribution in [0, 0.1) is 11.6 Å². The minimum absolute atomic E-state index is 0.213. The van der Waals surface area contributed by atoms with Crippen LogP contribution in [0.25, 0.3) is 0 Å². The zero-order chi connectivity index (χ0) is 19.4. The summed E-state index contributed by atoms with van der Waals surface area (Å²) in [6.45, 7) is 5.37. The Morgan fingerprint density at radius 2 is 1.89 bits per heavy atom. The van der Waals surface area contributed by atoms with Crippen molar-refractivity contribution in [3.05, 3.63) is 71.3 Å². The number of hydrogen-bond donors (Lipinski definition) is 1. The van der Waals surface area contributed by atoms with Crippen LogP contribution in [-0.4, -0.2) is 37.2 Å². The number of nitrogens with one attached hydrogen (secondary N) is 1. The zero-order valence-electron chi connectivity index (χ0n) is 15.5. The first-order valence-electron chi connectivity index (χ1n) is 9.02. The number of halogens is 2. The van der Waals surface area contributed by atoms with Gasteiger partial charge in [0, 0.05) is 18.5 Å². The first-order chi connectivity index (χ1) is 12.9. The summed E-state index contributed by atoms with van der Waals surface area (Å²) >= 11 is 0. The monoisotopic (exact) mass is 374 g/mol. The molecular formula is C21H24F2N2O2. The number of nitrogens with zero attached hydrogens (tertiary/aromatic N) is 1. The van der Waals surface area contributed by atoms with Crippen molar-refractivity contribution in [2.24, 2.45) is 0 Å². The van der Waals surface area contributed by atoms with E-state index in [2.05, 4.69) is 5.32 Å². The van der Waals surface area contributed by atoms with Gasteiger partial charge in [-0.25, -0.2) is 13.6 Å². The van der Waals surface area contributed by atoms with E-state index >= 15 is 0 Å². The molecule has 1 aliphatic rings. The molecule has 3 rings (SSSR count). The number of morpholine rings is 1. The van der Waals surface area contributed by atoms with Crippen molar-refractivity contribution in [3.8, 4) is 0 Å². The van der Waals surface area contributed by atoms with Gasteiger partial charge >= 0.3 is 6.03 Å². The van der Waals surface area contributed by atoms with E-state index in [0.717, 1.165) is 5.56 Å². The smallest absolute Gasteiger partial charge is 0.317 e. The Morgan fingerprint density at radius 3 is 2.59 bits per heavy atom. The molecule has 144 valence electrons. The van der Waals surface area contributed by atoms with E-state index in [9.17, 15) is 13.6 Å². The molecule has 1 fully saturated rings. The molecule has 2 amide bonds. The minimum atomic E-state index is -0.538. The highest BCUT2D eigenvalue weighted by Gasteiger charge is 2.28. The maximum atomic E-state index is 14.1. The molecule has 2 aromatic rings. The summed E-state index contributed by atoms with van der Waals surface area (Å²) in [7, 11) is 0. The third-order valence-corrected chi connectivity index (χ3v) is 4.88. The molecule has 4 nitrogen and oxygen atoms in total. The molecule has 1 N–H and O–H groups in total. The lowest BCUT2D eigenvalue weighted by Gasteiger charge is -2.34. The SMILES string of the molecule is CC(C)(CNC(=O)N1CCOC(c2ccc(F)cc2)C1)c1ccccc1F. The topological polar surface area (TPSA) is 41.6 Å². The molecule has 1 unspecified atom stereocenters. The molecule has 6 heteroatoms. The normalized spacial score (nSPS) is 17.6. The minimum Gasteiger partial charge on any atom is -0.370 e. The van der Waals surface area contributed by atoms with E-state index in [4.69, 9.17) is 4.74 Å². The van der Waals surface area contributed by atoms with Crippen LogP contribution >= 0.6 is 0 Å². The van der Waals surface area contributed by atoms with Gasteiger partial charge < -0.3 is 15.0 Å². The number of carbonyl (C=O) groups excluding carboxylic acids is 1. The van der Waals surface area contributed by atoms with E-state index in [1.807, 2.05) is 13.8 Å². The Morgan fingerprint density at radius 1 is 1.19 bits per heavy atom. The predicted molar refractivity (Wildman–Crippen MR) is 99.5 cm³/mol. The van der Waals surface area contributed by atoms with Gasteiger partial charge in [0.2, 0.25) is 0 Å². The summed E-state index contributed by atoms with van der Waals surface area (Å²) in [6, 6.07) is 12.5. The highest BCUT2D eigenvalue weighted by Crippen LogP contribution is 2.26. The standard InChI is InChI=1S/C21H24F2N2O2/c1-21(2,17-5-3-4-6-18(17)23)14-24-20(26)25-11-12-27-19(13-25)15-7-9-16(22)10-8-15/h3-10,19H,11-14H2,1-2H3,(H,24,26). The second-order valence-electron chi connectivity index (χ2n) is 7.38. The quantitative estimate of drug-likeness (QED) is 0.878. The molecule has 1 atom stereocenters. The van der Waals surface area contributed by atoms with Crippen LogP contribution in [0.5, 0.6) is 0 Å². The number of rotatable bonds is 4. The zero-order valence-corrected chi connectivity index (χ0v) is 15.5. The fourth-order valence-electron chi connectivity index (χ4n) is 3.23. The van der Waals surface area contributed by atoms with E-state index in [1.54, 1.807) is 35.2 Å². The van der Waals surface area contributed by atoms with Crippen LogP contribution in [0.4, 0.5) is 13.6 Å². The number of hydrogen-bond acceptors (Lipinski definition) is 2. The van der Waals surface area contributed by atoms with Gasteiger partial charge in [-0.2, -0.15) is 0 Å². The fraction of sp³-hybridized carbons (Fsp3) is 0.381. The summed E-state index contributed by atoms with van der Waals surface area (Å²) in [5.74, 6) is -0.584. The van der Waals surface area contributed by atoms with E-state index in [0.29, 0.717) is 31.8 Å². The van der Waals surface area contributed by atoms with Gasteiger partial charge in [0.25, 0.3) is 0 Å². The molecule has 0 saturated carbocycles. The molecule has 0 radical (unpaired) electrons. The van der Waals surface area contributed by atoms with Crippen molar-refractivity contribution in [2.45, 2.75) is 25.4 Å². The molecule has 27 heavy (non-hydrogen) atoms. The Kier molecular flexibility index (Phi) is 5.75. The summed E-state index contributed by atoms with van der Waals surface area (Å²) in [6.07, 6.45) is -0.287. The van der Waals surface area contributed by atoms with Gasteiger partial charge in [0.1, 0.15) is 17.7 Å². The Labute approximate surface area is 158 Å². The lowest BCUT2D eigenvalue weighted by Crippen LogP contribution is -2.49. The summed E-state index contributed by atoms with van der Waals surface area (Å²) in [4.78, 5) is 14.3. The van der Waals surface area contributed by atoms with Gasteiger partial charge in [0.15, 0.2) is 0 Å². The van der Waals surface area contributed by atoms with Crippen molar-refractivity contribution in [3.63, 3.8) is 0 Å². The lowest BCUT2D eigenvalue weighted by molar-refractivity contribution is -0.0155. The van der Waals surface area contributed by atoms with Crippen LogP contribution in [0.1, 0.15) is 31.1 Å². The number of ether oxygens (including phenoxy) is 1. The summed E-state index contributed by atoms with van der Waals surface area (Å²) < 4.78 is 32.9. The molecule has 2 aromatic carbocycles. The van der Waals surface area contributed by atoms with Crippen LogP contribution in [0.15, 0.2) is 48.5 Å². The van der Waals surface area contributed by atoms with Crippen molar-refractivity contribution < 1.29 is 18.3 Å². The largest absolute Gasteiger partial charge is 0.370 e. The predicted octanol–water partition coefficient (Wildman–Crippen LogP) is 4.03. The summed E-state index contributed by atoms with van der Waals surface area (Å²) in [5.41, 5.74) is 0.862. The number of urea groups is 1. The molecule has 0 aromatic heterocycles. The van der Waals surface area contributed by atoms with E-state index < -0.39 is 5.41 Å². The van der Waals surface area contributed by atoms with Gasteiger partial charge in [-0.3, -0.25) is 0 Å². The average molecular weight is 374 g/mol. The second-order valence-corrected chi connectivity index (χ2v) is 7.38. The van der Waals surface area contributed by atoms with Crippen molar-refractivity contribution in [1.82, 2.24) is 10.2 Å². The highest BCUT2D eigenvalue weighted by molar-refractivity contribution is 5.74. The van der Waals surface area contributed by atoms with Crippen LogP contribution in [0.3, 0.4) is 0 Å². The van der Waals surface area contributed by atoms with Crippen LogP contribution < -0.4 is 5.32 Å². The molecule has 0 spiro atoms. The average Bonchev–Trinajstić information content (AvgIpc) is 2.67. The van der Waals surface area contributed by atoms with Crippen LogP contribution in [0.2, 0.25) is 0 Å². The molecular weight excluding hydrogens is 350 g/mol. The lowest BCUT2D eigenvalue weighted by atomic mass is 9.84. The number of benzene rings is 2. The number of amides is 2. The van der Waals surface area contributed by atoms with Gasteiger partial charge in [0.05, 0.1) is 13.2 Å². The molecule has 0 aliphatic carbocycles.